The Balaban J connectivity index is 2.16. The molecule has 0 saturated heterocycles. The van der Waals surface area contributed by atoms with Crippen LogP contribution in [-0.4, -0.2) is 11.3 Å². The molecule has 0 N–H and O–H groups in total. The molecule has 146 valence electrons. The molecule has 30 heavy (non-hydrogen) atoms. The minimum absolute atomic E-state index is 0.629. The van der Waals surface area contributed by atoms with Gasteiger partial charge in [0.05, 0.1) is 28.4 Å². The van der Waals surface area contributed by atoms with Crippen LogP contribution in [0, 0.1) is 25.2 Å². The normalized spacial score (nSPS) is 12.0. The summed E-state index contributed by atoms with van der Waals surface area (Å²) in [6.07, 6.45) is 5.69. The summed E-state index contributed by atoms with van der Waals surface area (Å²) in [5, 5.41) is 12.0. The average Bonchev–Trinajstić information content (AvgIpc) is 3.07. The van der Waals surface area contributed by atoms with Crippen molar-refractivity contribution in [3.8, 4) is 11.8 Å². The van der Waals surface area contributed by atoms with Crippen LogP contribution in [0.3, 0.4) is 0 Å². The second-order valence-corrected chi connectivity index (χ2v) is 7.46. The number of aryl methyl sites for hydroxylation is 2. The van der Waals surface area contributed by atoms with Gasteiger partial charge in [-0.3, -0.25) is 4.99 Å². The molecule has 4 rings (SSSR count). The molecule has 0 fully saturated rings. The molecular weight excluding hydrogens is 366 g/mol. The second-order valence-electron chi connectivity index (χ2n) is 7.46. The van der Waals surface area contributed by atoms with Gasteiger partial charge in [0, 0.05) is 22.5 Å². The number of aliphatic imine (C=N–C) groups is 1. The maximum absolute atomic E-state index is 9.58. The van der Waals surface area contributed by atoms with Gasteiger partial charge in [0.1, 0.15) is 0 Å². The predicted octanol–water partition coefficient (Wildman–Crippen LogP) is 6.89. The van der Waals surface area contributed by atoms with Crippen LogP contribution in [0.1, 0.15) is 29.2 Å². The Bertz CT molecular complexity index is 1330. The largest absolute Gasteiger partial charge is 0.309 e. The molecule has 0 aliphatic heterocycles. The first-order chi connectivity index (χ1) is 14.6. The van der Waals surface area contributed by atoms with E-state index in [1.54, 1.807) is 6.20 Å². The van der Waals surface area contributed by atoms with Gasteiger partial charge in [-0.2, -0.15) is 5.26 Å². The van der Waals surface area contributed by atoms with Crippen molar-refractivity contribution in [2.45, 2.75) is 20.8 Å². The summed E-state index contributed by atoms with van der Waals surface area (Å²) in [6, 6.07) is 21.2. The zero-order valence-corrected chi connectivity index (χ0v) is 17.5. The lowest BCUT2D eigenvalue weighted by Crippen LogP contribution is -2.00. The van der Waals surface area contributed by atoms with Gasteiger partial charge in [0.2, 0.25) is 0 Å². The van der Waals surface area contributed by atoms with Gasteiger partial charge in [-0.1, -0.05) is 35.4 Å². The quantitative estimate of drug-likeness (QED) is 0.277. The highest BCUT2D eigenvalue weighted by atomic mass is 15.0. The van der Waals surface area contributed by atoms with E-state index in [-0.39, 0.29) is 0 Å². The number of allylic oxidation sites excluding steroid dienone is 3. The molecule has 0 bridgehead atoms. The lowest BCUT2D eigenvalue weighted by atomic mass is 10.0. The number of nitrogens with zero attached hydrogens (tertiary/aromatic N) is 3. The maximum Gasteiger partial charge on any atom is 0.0992 e. The maximum atomic E-state index is 9.58. The Hall–Kier alpha value is -3.90. The van der Waals surface area contributed by atoms with Crippen molar-refractivity contribution in [2.24, 2.45) is 4.99 Å². The van der Waals surface area contributed by atoms with Crippen molar-refractivity contribution in [3.05, 3.63) is 95.2 Å². The van der Waals surface area contributed by atoms with Crippen LogP contribution in [0.25, 0.3) is 33.1 Å². The number of hydrogen-bond acceptors (Lipinski definition) is 2. The number of benzene rings is 3. The monoisotopic (exact) mass is 389 g/mol. The third-order valence-corrected chi connectivity index (χ3v) is 5.43. The molecule has 0 radical (unpaired) electrons. The summed E-state index contributed by atoms with van der Waals surface area (Å²) in [5.41, 5.74) is 8.37. The van der Waals surface area contributed by atoms with E-state index in [0.29, 0.717) is 5.56 Å². The Labute approximate surface area is 176 Å². The molecule has 3 nitrogen and oxygen atoms in total. The van der Waals surface area contributed by atoms with Crippen LogP contribution in [0.5, 0.6) is 0 Å². The fraction of sp³-hybridized carbons (Fsp3) is 0.111. The van der Waals surface area contributed by atoms with Crippen molar-refractivity contribution >= 4 is 34.1 Å². The lowest BCUT2D eigenvalue weighted by molar-refractivity contribution is 1.16. The SMILES string of the molecule is C=N/C=C\C(=C/C)c1ccc(C#N)cc1-n1c2ccc(C)cc2c2cc(C)ccc21. The van der Waals surface area contributed by atoms with Gasteiger partial charge >= 0.3 is 0 Å². The molecule has 0 aliphatic rings. The van der Waals surface area contributed by atoms with E-state index in [9.17, 15) is 5.26 Å². The Morgan fingerprint density at radius 2 is 1.60 bits per heavy atom. The van der Waals surface area contributed by atoms with Crippen molar-refractivity contribution in [2.75, 3.05) is 0 Å². The van der Waals surface area contributed by atoms with E-state index in [1.165, 1.54) is 21.9 Å². The summed E-state index contributed by atoms with van der Waals surface area (Å²) >= 11 is 0. The molecule has 0 unspecified atom stereocenters. The molecule has 3 aromatic carbocycles. The van der Waals surface area contributed by atoms with E-state index in [1.807, 2.05) is 31.2 Å². The first-order valence-electron chi connectivity index (χ1n) is 9.92. The van der Waals surface area contributed by atoms with Crippen LogP contribution in [0.15, 0.2) is 77.9 Å². The van der Waals surface area contributed by atoms with Crippen LogP contribution < -0.4 is 0 Å². The van der Waals surface area contributed by atoms with Crippen LogP contribution in [-0.2, 0) is 0 Å². The Morgan fingerprint density at radius 3 is 2.13 bits per heavy atom. The van der Waals surface area contributed by atoms with E-state index in [2.05, 4.69) is 78.7 Å². The summed E-state index contributed by atoms with van der Waals surface area (Å²) < 4.78 is 2.26. The molecule has 1 aromatic heterocycles. The van der Waals surface area contributed by atoms with Gasteiger partial charge < -0.3 is 4.57 Å². The van der Waals surface area contributed by atoms with Crippen molar-refractivity contribution in [1.29, 1.82) is 5.26 Å². The summed E-state index contributed by atoms with van der Waals surface area (Å²) in [6.45, 7) is 9.78. The van der Waals surface area contributed by atoms with E-state index in [4.69, 9.17) is 0 Å². The highest BCUT2D eigenvalue weighted by Gasteiger charge is 2.16. The number of rotatable bonds is 4. The Morgan fingerprint density at radius 1 is 0.967 bits per heavy atom. The number of aromatic nitrogens is 1. The van der Waals surface area contributed by atoms with Crippen LogP contribution >= 0.6 is 0 Å². The molecular formula is C27H23N3. The standard InChI is InChI=1S/C27H23N3/c1-5-21(12-13-29-4)22-9-8-20(17-28)16-27(22)30-25-10-6-18(2)14-23(25)24-15-19(3)7-11-26(24)30/h5-16H,4H2,1-3H3/b13-12-,21-5+. The highest BCUT2D eigenvalue weighted by molar-refractivity contribution is 6.10. The fourth-order valence-corrected chi connectivity index (χ4v) is 4.02. The summed E-state index contributed by atoms with van der Waals surface area (Å²) in [5.74, 6) is 0. The fourth-order valence-electron chi connectivity index (χ4n) is 4.02. The number of hydrogen-bond donors (Lipinski definition) is 0. The van der Waals surface area contributed by atoms with E-state index >= 15 is 0 Å². The molecule has 3 heteroatoms. The van der Waals surface area contributed by atoms with Gasteiger partial charge in [-0.15, -0.1) is 0 Å². The molecule has 0 saturated carbocycles. The highest BCUT2D eigenvalue weighted by Crippen LogP contribution is 2.36. The second kappa shape index (κ2) is 7.85. The predicted molar refractivity (Wildman–Crippen MR) is 127 cm³/mol. The van der Waals surface area contributed by atoms with Gasteiger partial charge in [0.25, 0.3) is 0 Å². The van der Waals surface area contributed by atoms with Crippen molar-refractivity contribution in [1.82, 2.24) is 4.57 Å². The minimum atomic E-state index is 0.629. The van der Waals surface area contributed by atoms with E-state index < -0.39 is 0 Å². The van der Waals surface area contributed by atoms with Gasteiger partial charge in [-0.25, -0.2) is 0 Å². The number of fused-ring (bicyclic) bond motifs is 3. The first-order valence-corrected chi connectivity index (χ1v) is 9.92. The lowest BCUT2D eigenvalue weighted by Gasteiger charge is -2.15. The third kappa shape index (κ3) is 3.23. The first kappa shape index (κ1) is 19.4. The molecule has 0 amide bonds. The topological polar surface area (TPSA) is 41.1 Å². The zero-order chi connectivity index (χ0) is 21.3. The van der Waals surface area contributed by atoms with Gasteiger partial charge in [0.15, 0.2) is 0 Å². The summed E-state index contributed by atoms with van der Waals surface area (Å²) in [4.78, 5) is 3.86. The zero-order valence-electron chi connectivity index (χ0n) is 17.5. The van der Waals surface area contributed by atoms with Crippen LogP contribution in [0.4, 0.5) is 0 Å². The molecule has 0 atom stereocenters. The molecule has 0 aliphatic carbocycles. The van der Waals surface area contributed by atoms with Crippen molar-refractivity contribution in [3.63, 3.8) is 0 Å². The molecule has 4 aromatic rings. The van der Waals surface area contributed by atoms with Gasteiger partial charge in [-0.05, 0) is 75.5 Å². The van der Waals surface area contributed by atoms with Crippen LogP contribution in [0.2, 0.25) is 0 Å². The summed E-state index contributed by atoms with van der Waals surface area (Å²) in [7, 11) is 0. The Kier molecular flexibility index (Phi) is 5.08. The minimum Gasteiger partial charge on any atom is -0.309 e. The molecule has 0 spiro atoms. The molecule has 1 heterocycles. The number of nitriles is 1. The smallest absolute Gasteiger partial charge is 0.0992 e. The van der Waals surface area contributed by atoms with Crippen molar-refractivity contribution < 1.29 is 0 Å². The third-order valence-electron chi connectivity index (χ3n) is 5.43. The average molecular weight is 390 g/mol. The van der Waals surface area contributed by atoms with E-state index in [0.717, 1.165) is 27.9 Å².